The second-order valence-corrected chi connectivity index (χ2v) is 4.88. The molecule has 0 atom stereocenters. The monoisotopic (exact) mass is 286 g/mol. The van der Waals surface area contributed by atoms with E-state index in [2.05, 4.69) is 12.2 Å². The average molecular weight is 286 g/mol. The summed E-state index contributed by atoms with van der Waals surface area (Å²) in [6, 6.07) is 11.7. The minimum atomic E-state index is 0.624. The summed E-state index contributed by atoms with van der Waals surface area (Å²) in [5.41, 5.74) is 9.65. The number of methoxy groups -OCH3 is 1. The zero-order valence-electron chi connectivity index (χ0n) is 12.8. The highest BCUT2D eigenvalue weighted by atomic mass is 16.5. The Morgan fingerprint density at radius 1 is 1.14 bits per heavy atom. The summed E-state index contributed by atoms with van der Waals surface area (Å²) in [5, 5.41) is 3.32. The highest BCUT2D eigenvalue weighted by molar-refractivity contribution is 5.77. The van der Waals surface area contributed by atoms with Crippen molar-refractivity contribution in [2.75, 3.05) is 24.8 Å². The molecule has 0 amide bonds. The Hall–Kier alpha value is -2.36. The van der Waals surface area contributed by atoms with Crippen LogP contribution in [0.3, 0.4) is 0 Å². The third-order valence-electron chi connectivity index (χ3n) is 3.20. The number of aryl methyl sites for hydroxylation is 1. The molecular weight excluding hydrogens is 264 g/mol. The molecule has 0 fully saturated rings. The SMILES string of the molecule is CCCOc1cccc(Nc2ccc(OC)c(C)c2)c1N. The van der Waals surface area contributed by atoms with Crippen molar-refractivity contribution < 1.29 is 9.47 Å². The van der Waals surface area contributed by atoms with Crippen LogP contribution < -0.4 is 20.5 Å². The number of benzene rings is 2. The van der Waals surface area contributed by atoms with Gasteiger partial charge < -0.3 is 20.5 Å². The maximum absolute atomic E-state index is 6.15. The van der Waals surface area contributed by atoms with Gasteiger partial charge in [0.05, 0.1) is 25.1 Å². The first-order chi connectivity index (χ1) is 10.2. The van der Waals surface area contributed by atoms with E-state index >= 15 is 0 Å². The zero-order valence-corrected chi connectivity index (χ0v) is 12.8. The normalized spacial score (nSPS) is 10.2. The van der Waals surface area contributed by atoms with Crippen LogP contribution in [-0.2, 0) is 0 Å². The highest BCUT2D eigenvalue weighted by Crippen LogP contribution is 2.32. The van der Waals surface area contributed by atoms with Crippen LogP contribution in [0.25, 0.3) is 0 Å². The van der Waals surface area contributed by atoms with Gasteiger partial charge in [0.25, 0.3) is 0 Å². The van der Waals surface area contributed by atoms with Gasteiger partial charge in [-0.25, -0.2) is 0 Å². The molecule has 0 saturated carbocycles. The maximum atomic E-state index is 6.15. The van der Waals surface area contributed by atoms with Crippen molar-refractivity contribution in [3.8, 4) is 11.5 Å². The largest absolute Gasteiger partial charge is 0.496 e. The molecule has 112 valence electrons. The van der Waals surface area contributed by atoms with Gasteiger partial charge in [0.2, 0.25) is 0 Å². The van der Waals surface area contributed by atoms with Gasteiger partial charge in [-0.3, -0.25) is 0 Å². The summed E-state index contributed by atoms with van der Waals surface area (Å²) < 4.78 is 10.9. The smallest absolute Gasteiger partial charge is 0.144 e. The number of hydrogen-bond acceptors (Lipinski definition) is 4. The average Bonchev–Trinajstić information content (AvgIpc) is 2.48. The predicted molar refractivity (Wildman–Crippen MR) is 87.7 cm³/mol. The Balaban J connectivity index is 2.21. The number of nitrogens with one attached hydrogen (secondary N) is 1. The lowest BCUT2D eigenvalue weighted by Crippen LogP contribution is -2.02. The molecule has 4 nitrogen and oxygen atoms in total. The third-order valence-corrected chi connectivity index (χ3v) is 3.20. The molecule has 0 unspecified atom stereocenters. The highest BCUT2D eigenvalue weighted by Gasteiger charge is 2.07. The van der Waals surface area contributed by atoms with Crippen molar-refractivity contribution in [2.45, 2.75) is 20.3 Å². The van der Waals surface area contributed by atoms with Gasteiger partial charge >= 0.3 is 0 Å². The van der Waals surface area contributed by atoms with Crippen molar-refractivity contribution >= 4 is 17.1 Å². The fraction of sp³-hybridized carbons (Fsp3) is 0.294. The molecule has 3 N–H and O–H groups in total. The zero-order chi connectivity index (χ0) is 15.2. The van der Waals surface area contributed by atoms with Gasteiger partial charge in [-0.15, -0.1) is 0 Å². The number of hydrogen-bond donors (Lipinski definition) is 2. The first-order valence-electron chi connectivity index (χ1n) is 7.08. The van der Waals surface area contributed by atoms with Gasteiger partial charge in [-0.05, 0) is 49.2 Å². The van der Waals surface area contributed by atoms with Crippen LogP contribution in [0.1, 0.15) is 18.9 Å². The van der Waals surface area contributed by atoms with Gasteiger partial charge in [0.15, 0.2) is 0 Å². The van der Waals surface area contributed by atoms with Gasteiger partial charge in [0.1, 0.15) is 11.5 Å². The van der Waals surface area contributed by atoms with Crippen molar-refractivity contribution in [2.24, 2.45) is 0 Å². The first kappa shape index (κ1) is 15.0. The van der Waals surface area contributed by atoms with Crippen LogP contribution >= 0.6 is 0 Å². The number of nitrogen functional groups attached to an aromatic ring is 1. The molecule has 4 heteroatoms. The van der Waals surface area contributed by atoms with E-state index in [0.29, 0.717) is 18.0 Å². The van der Waals surface area contributed by atoms with Crippen molar-refractivity contribution in [1.29, 1.82) is 0 Å². The molecule has 0 spiro atoms. The molecule has 0 aliphatic rings. The molecule has 0 aliphatic heterocycles. The molecule has 0 saturated heterocycles. The van der Waals surface area contributed by atoms with E-state index in [1.165, 1.54) is 0 Å². The van der Waals surface area contributed by atoms with Gasteiger partial charge in [-0.1, -0.05) is 13.0 Å². The number of ether oxygens (including phenoxy) is 2. The fourth-order valence-electron chi connectivity index (χ4n) is 2.10. The lowest BCUT2D eigenvalue weighted by molar-refractivity contribution is 0.319. The summed E-state index contributed by atoms with van der Waals surface area (Å²) in [6.07, 6.45) is 0.953. The van der Waals surface area contributed by atoms with Crippen LogP contribution in [0.4, 0.5) is 17.1 Å². The maximum Gasteiger partial charge on any atom is 0.144 e. The van der Waals surface area contributed by atoms with Crippen LogP contribution in [-0.4, -0.2) is 13.7 Å². The van der Waals surface area contributed by atoms with Crippen LogP contribution in [0, 0.1) is 6.92 Å². The minimum Gasteiger partial charge on any atom is -0.496 e. The lowest BCUT2D eigenvalue weighted by Gasteiger charge is -2.14. The minimum absolute atomic E-state index is 0.624. The summed E-state index contributed by atoms with van der Waals surface area (Å²) in [7, 11) is 1.67. The van der Waals surface area contributed by atoms with E-state index in [0.717, 1.165) is 29.1 Å². The molecule has 2 rings (SSSR count). The molecule has 21 heavy (non-hydrogen) atoms. The van der Waals surface area contributed by atoms with Gasteiger partial charge in [0, 0.05) is 5.69 Å². The number of para-hydroxylation sites is 1. The molecule has 0 radical (unpaired) electrons. The molecule has 0 aliphatic carbocycles. The van der Waals surface area contributed by atoms with Crippen LogP contribution in [0.2, 0.25) is 0 Å². The Kier molecular flexibility index (Phi) is 4.93. The lowest BCUT2D eigenvalue weighted by atomic mass is 10.2. The molecule has 0 heterocycles. The fourth-order valence-corrected chi connectivity index (χ4v) is 2.10. The van der Waals surface area contributed by atoms with Crippen molar-refractivity contribution in [1.82, 2.24) is 0 Å². The molecular formula is C17H22N2O2. The van der Waals surface area contributed by atoms with E-state index in [4.69, 9.17) is 15.2 Å². The molecule has 0 aromatic heterocycles. The Morgan fingerprint density at radius 2 is 1.95 bits per heavy atom. The standard InChI is InChI=1S/C17H22N2O2/c1-4-10-21-16-7-5-6-14(17(16)18)19-13-8-9-15(20-3)12(2)11-13/h5-9,11,19H,4,10,18H2,1-3H3. The second kappa shape index (κ2) is 6.88. The topological polar surface area (TPSA) is 56.5 Å². The molecule has 0 bridgehead atoms. The predicted octanol–water partition coefficient (Wildman–Crippen LogP) is 4.12. The Labute approximate surface area is 125 Å². The van der Waals surface area contributed by atoms with Crippen LogP contribution in [0.15, 0.2) is 36.4 Å². The summed E-state index contributed by atoms with van der Waals surface area (Å²) in [5.74, 6) is 1.58. The van der Waals surface area contributed by atoms with E-state index in [1.54, 1.807) is 7.11 Å². The number of rotatable bonds is 6. The van der Waals surface area contributed by atoms with E-state index in [1.807, 2.05) is 43.3 Å². The van der Waals surface area contributed by atoms with E-state index < -0.39 is 0 Å². The summed E-state index contributed by atoms with van der Waals surface area (Å²) >= 11 is 0. The number of anilines is 3. The second-order valence-electron chi connectivity index (χ2n) is 4.88. The molecule has 2 aromatic carbocycles. The number of nitrogens with two attached hydrogens (primary N) is 1. The van der Waals surface area contributed by atoms with Crippen molar-refractivity contribution in [3.63, 3.8) is 0 Å². The van der Waals surface area contributed by atoms with Crippen molar-refractivity contribution in [3.05, 3.63) is 42.0 Å². The Bertz CT molecular complexity index is 612. The van der Waals surface area contributed by atoms with Crippen LogP contribution in [0.5, 0.6) is 11.5 Å². The quantitative estimate of drug-likeness (QED) is 0.784. The van der Waals surface area contributed by atoms with E-state index in [-0.39, 0.29) is 0 Å². The first-order valence-corrected chi connectivity index (χ1v) is 7.08. The van der Waals surface area contributed by atoms with E-state index in [9.17, 15) is 0 Å². The summed E-state index contributed by atoms with van der Waals surface area (Å²) in [4.78, 5) is 0. The Morgan fingerprint density at radius 3 is 2.62 bits per heavy atom. The third kappa shape index (κ3) is 3.60. The summed E-state index contributed by atoms with van der Waals surface area (Å²) in [6.45, 7) is 4.74. The van der Waals surface area contributed by atoms with Gasteiger partial charge in [-0.2, -0.15) is 0 Å². The molecule has 2 aromatic rings.